The van der Waals surface area contributed by atoms with Crippen molar-refractivity contribution in [2.24, 2.45) is 16.5 Å². The van der Waals surface area contributed by atoms with E-state index in [1.807, 2.05) is 6.07 Å². The van der Waals surface area contributed by atoms with Crippen LogP contribution in [0.5, 0.6) is 5.75 Å². The third-order valence-corrected chi connectivity index (χ3v) is 8.54. The summed E-state index contributed by atoms with van der Waals surface area (Å²) in [4.78, 5) is 34.8. The molecule has 1 spiro atoms. The van der Waals surface area contributed by atoms with Crippen LogP contribution in [0.2, 0.25) is 0 Å². The topological polar surface area (TPSA) is 214 Å². The highest BCUT2D eigenvalue weighted by Crippen LogP contribution is 2.43. The molecule has 4 aliphatic heterocycles. The Balaban J connectivity index is 1.26. The summed E-state index contributed by atoms with van der Waals surface area (Å²) in [5, 5.41) is 34.7. The normalized spacial score (nSPS) is 31.4. The molecule has 0 aromatic heterocycles. The van der Waals surface area contributed by atoms with E-state index in [9.17, 15) is 19.8 Å². The summed E-state index contributed by atoms with van der Waals surface area (Å²) >= 11 is 0. The monoisotopic (exact) mass is 542 g/mol. The Morgan fingerprint density at radius 2 is 2.03 bits per heavy atom. The van der Waals surface area contributed by atoms with Gasteiger partial charge in [-0.1, -0.05) is 26.0 Å². The van der Waals surface area contributed by atoms with Crippen LogP contribution in [0.1, 0.15) is 49.0 Å². The molecule has 3 amide bonds. The van der Waals surface area contributed by atoms with Crippen LogP contribution in [-0.2, 0) is 5.41 Å². The zero-order valence-electron chi connectivity index (χ0n) is 22.0. The van der Waals surface area contributed by atoms with Crippen molar-refractivity contribution in [3.8, 4) is 5.75 Å². The maximum Gasteiger partial charge on any atom is 0.343 e. The van der Waals surface area contributed by atoms with E-state index in [-0.39, 0.29) is 42.5 Å². The SMILES string of the molecule is CC1(C)CCOc2c(C(=O)NC3CN4C(N)=N[C@@H](CNC(=O)NC5CC5)[C@@H]5[NH+]=C(N)N[C@@]54C3(O)O)cccc21. The van der Waals surface area contributed by atoms with Crippen molar-refractivity contribution in [3.63, 3.8) is 0 Å². The number of aliphatic imine (C=N–C) groups is 1. The fourth-order valence-electron chi connectivity index (χ4n) is 6.18. The lowest BCUT2D eigenvalue weighted by atomic mass is 9.79. The van der Waals surface area contributed by atoms with Crippen LogP contribution in [0.15, 0.2) is 23.2 Å². The average molecular weight is 543 g/mol. The number of aliphatic hydroxyl groups is 2. The van der Waals surface area contributed by atoms with E-state index < -0.39 is 35.5 Å². The number of nitrogens with two attached hydrogens (primary N) is 2. The average Bonchev–Trinajstić information content (AvgIpc) is 3.56. The van der Waals surface area contributed by atoms with Gasteiger partial charge in [-0.2, -0.15) is 0 Å². The molecular weight excluding hydrogens is 506 g/mol. The number of benzene rings is 1. The fourth-order valence-corrected chi connectivity index (χ4v) is 6.18. The Kier molecular flexibility index (Phi) is 5.63. The molecule has 1 aliphatic carbocycles. The molecule has 1 aromatic carbocycles. The molecule has 4 heterocycles. The van der Waals surface area contributed by atoms with Gasteiger partial charge in [0.25, 0.3) is 11.6 Å². The number of urea groups is 1. The lowest BCUT2D eigenvalue weighted by Crippen LogP contribution is -2.90. The van der Waals surface area contributed by atoms with E-state index >= 15 is 0 Å². The van der Waals surface area contributed by atoms with Gasteiger partial charge in [0.15, 0.2) is 12.0 Å². The second-order valence-electron chi connectivity index (χ2n) is 11.6. The number of guanidine groups is 2. The number of nitrogens with zero attached hydrogens (tertiary/aromatic N) is 2. The molecular formula is C25H36N9O5+. The second-order valence-corrected chi connectivity index (χ2v) is 11.6. The highest BCUT2D eigenvalue weighted by atomic mass is 16.5. The molecule has 14 nitrogen and oxygen atoms in total. The summed E-state index contributed by atoms with van der Waals surface area (Å²) < 4.78 is 5.89. The first-order valence-electron chi connectivity index (χ1n) is 13.3. The standard InChI is InChI=1S/C25H35N9O5/c1-23(2)8-9-39-17-13(4-3-5-14(17)23)19(35)31-16-11-34-21(27)30-15(10-28-22(36)29-12-6-7-12)18-24(34,25(16,37)38)33-20(26)32-18/h3-5,12,15-16,18,37-38H,6-11H2,1-2H3,(H2,27,30)(H,31,35)(H3,26,32,33)(H2,28,29,36)/p+1/t15-,16?,18-,24-/m0/s1. The first-order chi connectivity index (χ1) is 18.4. The number of hydrogen-bond donors (Lipinski definition) is 9. The van der Waals surface area contributed by atoms with Gasteiger partial charge in [0.05, 0.1) is 18.7 Å². The molecule has 4 atom stereocenters. The Bertz CT molecular complexity index is 1280. The predicted molar refractivity (Wildman–Crippen MR) is 139 cm³/mol. The summed E-state index contributed by atoms with van der Waals surface area (Å²) in [6, 6.07) is 2.56. The van der Waals surface area contributed by atoms with E-state index in [0.29, 0.717) is 17.9 Å². The molecule has 6 rings (SSSR count). The zero-order chi connectivity index (χ0) is 27.7. The van der Waals surface area contributed by atoms with Crippen molar-refractivity contribution >= 4 is 23.9 Å². The van der Waals surface area contributed by atoms with Gasteiger partial charge < -0.3 is 36.6 Å². The van der Waals surface area contributed by atoms with Gasteiger partial charge >= 0.3 is 12.0 Å². The van der Waals surface area contributed by atoms with E-state index in [1.165, 1.54) is 4.90 Å². The molecule has 5 aliphatic rings. The number of para-hydroxylation sites is 1. The Labute approximate surface area is 225 Å². The van der Waals surface area contributed by atoms with Gasteiger partial charge in [0.1, 0.15) is 17.8 Å². The van der Waals surface area contributed by atoms with Crippen molar-refractivity contribution < 1.29 is 29.5 Å². The van der Waals surface area contributed by atoms with Crippen molar-refractivity contribution in [3.05, 3.63) is 29.3 Å². The highest BCUT2D eigenvalue weighted by molar-refractivity contribution is 5.98. The van der Waals surface area contributed by atoms with Gasteiger partial charge in [-0.25, -0.2) is 15.1 Å². The van der Waals surface area contributed by atoms with E-state index in [0.717, 1.165) is 24.8 Å². The van der Waals surface area contributed by atoms with E-state index in [2.05, 4.69) is 45.1 Å². The number of amides is 3. The van der Waals surface area contributed by atoms with Gasteiger partial charge in [-0.15, -0.1) is 0 Å². The maximum atomic E-state index is 13.5. The second kappa shape index (κ2) is 8.61. The number of ether oxygens (including phenoxy) is 1. The van der Waals surface area contributed by atoms with Gasteiger partial charge in [-0.05, 0) is 30.7 Å². The number of rotatable bonds is 5. The summed E-state index contributed by atoms with van der Waals surface area (Å²) in [6.07, 6.45) is 2.70. The quantitative estimate of drug-likeness (QED) is 0.166. The molecule has 1 saturated carbocycles. The fraction of sp³-hybridized carbons (Fsp3) is 0.600. The molecule has 1 unspecified atom stereocenters. The van der Waals surface area contributed by atoms with Crippen LogP contribution in [-0.4, -0.2) is 94.3 Å². The highest BCUT2D eigenvalue weighted by Gasteiger charge is 2.76. The van der Waals surface area contributed by atoms with Crippen molar-refractivity contribution in [2.75, 3.05) is 19.7 Å². The van der Waals surface area contributed by atoms with E-state index in [1.54, 1.807) is 12.1 Å². The molecule has 1 saturated heterocycles. The number of fused-ring (bicyclic) bond motifs is 1. The lowest BCUT2D eigenvalue weighted by molar-refractivity contribution is -0.521. The van der Waals surface area contributed by atoms with Crippen LogP contribution in [0.3, 0.4) is 0 Å². The number of hydrogen-bond acceptors (Lipinski definition) is 10. The largest absolute Gasteiger partial charge is 0.492 e. The molecule has 39 heavy (non-hydrogen) atoms. The summed E-state index contributed by atoms with van der Waals surface area (Å²) in [7, 11) is 0. The van der Waals surface area contributed by atoms with Crippen LogP contribution in [0, 0.1) is 0 Å². The van der Waals surface area contributed by atoms with Crippen LogP contribution in [0.25, 0.3) is 0 Å². The van der Waals surface area contributed by atoms with Crippen LogP contribution >= 0.6 is 0 Å². The third kappa shape index (κ3) is 3.92. The van der Waals surface area contributed by atoms with Crippen LogP contribution < -0.4 is 42.5 Å². The molecule has 11 N–H and O–H groups in total. The smallest absolute Gasteiger partial charge is 0.343 e. The molecule has 210 valence electrons. The summed E-state index contributed by atoms with van der Waals surface area (Å²) in [5.74, 6) is -2.45. The van der Waals surface area contributed by atoms with Crippen molar-refractivity contribution in [1.29, 1.82) is 0 Å². The minimum absolute atomic E-state index is 0.0241. The Hall–Kier alpha value is -3.78. The van der Waals surface area contributed by atoms with Gasteiger partial charge in [-0.3, -0.25) is 20.4 Å². The van der Waals surface area contributed by atoms with Crippen molar-refractivity contribution in [2.45, 2.75) is 74.1 Å². The number of carbonyl (C=O) groups excluding carboxylic acids is 2. The Morgan fingerprint density at radius 3 is 2.77 bits per heavy atom. The minimum Gasteiger partial charge on any atom is -0.492 e. The maximum absolute atomic E-state index is 13.5. The summed E-state index contributed by atoms with van der Waals surface area (Å²) in [6.45, 7) is 4.68. The molecule has 0 radical (unpaired) electrons. The number of nitrogens with one attached hydrogen (secondary N) is 5. The lowest BCUT2D eigenvalue weighted by Gasteiger charge is -2.46. The Morgan fingerprint density at radius 1 is 1.26 bits per heavy atom. The summed E-state index contributed by atoms with van der Waals surface area (Å²) in [5.41, 5.74) is 11.8. The molecule has 2 fully saturated rings. The van der Waals surface area contributed by atoms with Gasteiger partial charge in [0, 0.05) is 18.2 Å². The van der Waals surface area contributed by atoms with Crippen LogP contribution in [0.4, 0.5) is 4.79 Å². The first-order valence-corrected chi connectivity index (χ1v) is 13.3. The third-order valence-electron chi connectivity index (χ3n) is 8.54. The van der Waals surface area contributed by atoms with E-state index in [4.69, 9.17) is 16.2 Å². The van der Waals surface area contributed by atoms with Crippen molar-refractivity contribution in [1.82, 2.24) is 26.2 Å². The zero-order valence-corrected chi connectivity index (χ0v) is 22.0. The molecule has 0 bridgehead atoms. The predicted octanol–water partition coefficient (Wildman–Crippen LogP) is -3.94. The first kappa shape index (κ1) is 25.5. The molecule has 14 heteroatoms. The van der Waals surface area contributed by atoms with Gasteiger partial charge in [0.2, 0.25) is 5.79 Å². The molecule has 1 aromatic rings. The minimum atomic E-state index is -2.55. The number of carbonyl (C=O) groups is 2.